The zero-order valence-corrected chi connectivity index (χ0v) is 17.0. The summed E-state index contributed by atoms with van der Waals surface area (Å²) in [4.78, 5) is 26.4. The molecule has 0 heterocycles. The van der Waals surface area contributed by atoms with E-state index in [1.165, 1.54) is 6.92 Å². The average Bonchev–Trinajstić information content (AvgIpc) is 2.58. The van der Waals surface area contributed by atoms with E-state index in [0.29, 0.717) is 13.0 Å². The van der Waals surface area contributed by atoms with Crippen LogP contribution in [0, 0.1) is 5.41 Å². The molecule has 0 fully saturated rings. The monoisotopic (exact) mass is 366 g/mol. The van der Waals surface area contributed by atoms with Crippen LogP contribution in [-0.2, 0) is 16.1 Å². The van der Waals surface area contributed by atoms with Gasteiger partial charge in [-0.1, -0.05) is 63.2 Å². The van der Waals surface area contributed by atoms with Gasteiger partial charge in [0.1, 0.15) is 0 Å². The topological polar surface area (TPSA) is 49.4 Å². The summed E-state index contributed by atoms with van der Waals surface area (Å²) in [7, 11) is 0. The van der Waals surface area contributed by atoms with E-state index >= 15 is 0 Å². The molecule has 0 saturated carbocycles. The molecule has 0 bridgehead atoms. The van der Waals surface area contributed by atoms with Gasteiger partial charge in [-0.3, -0.25) is 9.59 Å². The fraction of sp³-hybridized carbons (Fsp3) is 0.391. The normalized spacial score (nSPS) is 12.3. The highest BCUT2D eigenvalue weighted by molar-refractivity contribution is 5.88. The summed E-state index contributed by atoms with van der Waals surface area (Å²) in [6.07, 6.45) is 0.482. The highest BCUT2D eigenvalue weighted by Gasteiger charge is 2.26. The molecule has 2 rings (SSSR count). The van der Waals surface area contributed by atoms with Gasteiger partial charge in [0, 0.05) is 25.6 Å². The third kappa shape index (κ3) is 6.55. The second-order valence-corrected chi connectivity index (χ2v) is 8.23. The summed E-state index contributed by atoms with van der Waals surface area (Å²) in [5.41, 5.74) is 2.77. The zero-order chi connectivity index (χ0) is 20.0. The molecule has 4 nitrogen and oxygen atoms in total. The number of anilines is 1. The van der Waals surface area contributed by atoms with E-state index in [2.05, 4.69) is 26.1 Å². The molecule has 1 unspecified atom stereocenters. The summed E-state index contributed by atoms with van der Waals surface area (Å²) >= 11 is 0. The van der Waals surface area contributed by atoms with Crippen molar-refractivity contribution < 1.29 is 9.59 Å². The predicted octanol–water partition coefficient (Wildman–Crippen LogP) is 5.17. The Kier molecular flexibility index (Phi) is 6.78. The van der Waals surface area contributed by atoms with Crippen molar-refractivity contribution in [3.05, 3.63) is 65.7 Å². The van der Waals surface area contributed by atoms with Gasteiger partial charge in [-0.05, 0) is 35.6 Å². The maximum atomic E-state index is 13.1. The number of rotatable bonds is 6. The highest BCUT2D eigenvalue weighted by Crippen LogP contribution is 2.28. The average molecular weight is 367 g/mol. The quantitative estimate of drug-likeness (QED) is 0.766. The molecule has 2 aromatic rings. The van der Waals surface area contributed by atoms with Crippen LogP contribution in [0.2, 0.25) is 0 Å². The fourth-order valence-corrected chi connectivity index (χ4v) is 3.04. The Bertz CT molecular complexity index is 778. The van der Waals surface area contributed by atoms with Crippen molar-refractivity contribution >= 4 is 17.5 Å². The molecule has 0 spiro atoms. The number of nitrogens with zero attached hydrogens (tertiary/aromatic N) is 1. The molecular formula is C23H30N2O2. The van der Waals surface area contributed by atoms with E-state index in [1.54, 1.807) is 0 Å². The van der Waals surface area contributed by atoms with Gasteiger partial charge in [0.25, 0.3) is 0 Å². The number of hydrogen-bond donors (Lipinski definition) is 1. The lowest BCUT2D eigenvalue weighted by molar-refractivity contribution is -0.136. The minimum absolute atomic E-state index is 0.0796. The first-order chi connectivity index (χ1) is 12.7. The van der Waals surface area contributed by atoms with Gasteiger partial charge < -0.3 is 10.2 Å². The second-order valence-electron chi connectivity index (χ2n) is 8.23. The lowest BCUT2D eigenvalue weighted by Gasteiger charge is -2.32. The molecule has 0 aliphatic heterocycles. The summed E-state index contributed by atoms with van der Waals surface area (Å²) in [5.74, 6) is 0.0218. The van der Waals surface area contributed by atoms with Gasteiger partial charge in [0.15, 0.2) is 0 Å². The van der Waals surface area contributed by atoms with Gasteiger partial charge in [0.05, 0.1) is 6.04 Å². The SMILES string of the molecule is CC(=O)Nc1cccc(C(C)N(Cc2ccccc2)C(=O)CC(C)(C)C)c1. The van der Waals surface area contributed by atoms with Crippen LogP contribution in [0.4, 0.5) is 5.69 Å². The summed E-state index contributed by atoms with van der Waals surface area (Å²) < 4.78 is 0. The van der Waals surface area contributed by atoms with E-state index in [4.69, 9.17) is 0 Å². The Morgan fingerprint density at radius 3 is 2.30 bits per heavy atom. The van der Waals surface area contributed by atoms with Crippen molar-refractivity contribution in [3.63, 3.8) is 0 Å². The van der Waals surface area contributed by atoms with Crippen molar-refractivity contribution in [1.29, 1.82) is 0 Å². The van der Waals surface area contributed by atoms with Crippen LogP contribution in [0.15, 0.2) is 54.6 Å². The summed E-state index contributed by atoms with van der Waals surface area (Å²) in [6.45, 7) is 10.3. The fourth-order valence-electron chi connectivity index (χ4n) is 3.04. The molecule has 0 aliphatic carbocycles. The van der Waals surface area contributed by atoms with Crippen molar-refractivity contribution in [2.24, 2.45) is 5.41 Å². The smallest absolute Gasteiger partial charge is 0.223 e. The standard InChI is InChI=1S/C23H30N2O2/c1-17(20-12-9-13-21(14-20)24-18(2)26)25(22(27)15-23(3,4)5)16-19-10-7-6-8-11-19/h6-14,17H,15-16H2,1-5H3,(H,24,26). The van der Waals surface area contributed by atoms with E-state index in [1.807, 2.05) is 66.4 Å². The Morgan fingerprint density at radius 1 is 1.04 bits per heavy atom. The molecular weight excluding hydrogens is 336 g/mol. The van der Waals surface area contributed by atoms with Gasteiger partial charge >= 0.3 is 0 Å². The van der Waals surface area contributed by atoms with E-state index < -0.39 is 0 Å². The molecule has 0 aromatic heterocycles. The molecule has 4 heteroatoms. The van der Waals surface area contributed by atoms with Crippen LogP contribution in [0.25, 0.3) is 0 Å². The van der Waals surface area contributed by atoms with Crippen molar-refractivity contribution in [3.8, 4) is 0 Å². The predicted molar refractivity (Wildman–Crippen MR) is 110 cm³/mol. The van der Waals surface area contributed by atoms with Crippen LogP contribution in [0.5, 0.6) is 0 Å². The minimum Gasteiger partial charge on any atom is -0.332 e. The van der Waals surface area contributed by atoms with Crippen molar-refractivity contribution in [1.82, 2.24) is 4.90 Å². The Balaban J connectivity index is 2.31. The Morgan fingerprint density at radius 2 is 1.70 bits per heavy atom. The molecule has 2 aromatic carbocycles. The first-order valence-corrected chi connectivity index (χ1v) is 9.37. The maximum absolute atomic E-state index is 13.1. The molecule has 27 heavy (non-hydrogen) atoms. The van der Waals surface area contributed by atoms with Crippen molar-refractivity contribution in [2.75, 3.05) is 5.32 Å². The number of hydrogen-bond acceptors (Lipinski definition) is 2. The Labute approximate surface area is 162 Å². The molecule has 1 N–H and O–H groups in total. The van der Waals surface area contributed by atoms with Crippen LogP contribution in [0.1, 0.15) is 58.2 Å². The van der Waals surface area contributed by atoms with Crippen LogP contribution >= 0.6 is 0 Å². The maximum Gasteiger partial charge on any atom is 0.223 e. The van der Waals surface area contributed by atoms with Crippen LogP contribution in [0.3, 0.4) is 0 Å². The third-order valence-electron chi connectivity index (χ3n) is 4.35. The third-order valence-corrected chi connectivity index (χ3v) is 4.35. The second kappa shape index (κ2) is 8.85. The largest absolute Gasteiger partial charge is 0.332 e. The summed E-state index contributed by atoms with van der Waals surface area (Å²) in [6, 6.07) is 17.6. The zero-order valence-electron chi connectivity index (χ0n) is 17.0. The molecule has 0 aliphatic rings. The lowest BCUT2D eigenvalue weighted by atomic mass is 9.91. The van der Waals surface area contributed by atoms with Gasteiger partial charge in [-0.2, -0.15) is 0 Å². The molecule has 1 atom stereocenters. The number of amides is 2. The first kappa shape index (κ1) is 20.7. The number of benzene rings is 2. The first-order valence-electron chi connectivity index (χ1n) is 9.37. The highest BCUT2D eigenvalue weighted by atomic mass is 16.2. The van der Waals surface area contributed by atoms with E-state index in [0.717, 1.165) is 16.8 Å². The minimum atomic E-state index is -0.107. The molecule has 144 valence electrons. The van der Waals surface area contributed by atoms with Crippen LogP contribution in [-0.4, -0.2) is 16.7 Å². The van der Waals surface area contributed by atoms with Crippen LogP contribution < -0.4 is 5.32 Å². The molecule has 0 saturated heterocycles. The van der Waals surface area contributed by atoms with Gasteiger partial charge in [-0.15, -0.1) is 0 Å². The number of carbonyl (C=O) groups is 2. The van der Waals surface area contributed by atoms with Gasteiger partial charge in [-0.25, -0.2) is 0 Å². The lowest BCUT2D eigenvalue weighted by Crippen LogP contribution is -2.35. The Hall–Kier alpha value is -2.62. The molecule has 2 amide bonds. The van der Waals surface area contributed by atoms with Crippen molar-refractivity contribution in [2.45, 2.75) is 53.6 Å². The van der Waals surface area contributed by atoms with E-state index in [9.17, 15) is 9.59 Å². The van der Waals surface area contributed by atoms with Gasteiger partial charge in [0.2, 0.25) is 11.8 Å². The number of nitrogens with one attached hydrogen (secondary N) is 1. The molecule has 0 radical (unpaired) electrons. The van der Waals surface area contributed by atoms with E-state index in [-0.39, 0.29) is 23.3 Å². The number of carbonyl (C=O) groups excluding carboxylic acids is 2. The summed E-state index contributed by atoms with van der Waals surface area (Å²) in [5, 5.41) is 2.81.